The number of carbonyl (C=O) groups is 1. The molecule has 0 saturated carbocycles. The van der Waals surface area contributed by atoms with Crippen LogP contribution < -0.4 is 15.0 Å². The van der Waals surface area contributed by atoms with Gasteiger partial charge in [-0.1, -0.05) is 18.2 Å². The van der Waals surface area contributed by atoms with E-state index in [4.69, 9.17) is 9.72 Å². The van der Waals surface area contributed by atoms with Gasteiger partial charge in [-0.05, 0) is 67.8 Å². The first-order valence-corrected chi connectivity index (χ1v) is 12.6. The Hall–Kier alpha value is -4.55. The summed E-state index contributed by atoms with van der Waals surface area (Å²) in [4.78, 5) is 26.8. The van der Waals surface area contributed by atoms with Crippen molar-refractivity contribution in [1.82, 2.24) is 24.8 Å². The molecule has 1 aliphatic heterocycles. The van der Waals surface area contributed by atoms with E-state index in [0.29, 0.717) is 42.2 Å². The Balaban J connectivity index is 1.32. The summed E-state index contributed by atoms with van der Waals surface area (Å²) >= 11 is 0. The van der Waals surface area contributed by atoms with Gasteiger partial charge in [-0.25, -0.2) is 15.0 Å². The van der Waals surface area contributed by atoms with Crippen LogP contribution in [0.5, 0.6) is 5.75 Å². The van der Waals surface area contributed by atoms with Crippen molar-refractivity contribution in [3.05, 3.63) is 72.1 Å². The normalized spacial score (nSPS) is 14.0. The highest BCUT2D eigenvalue weighted by Crippen LogP contribution is 2.26. The molecule has 2 aromatic carbocycles. The van der Waals surface area contributed by atoms with Crippen LogP contribution in [0.1, 0.15) is 24.0 Å². The number of nitrogens with zero attached hydrogens (tertiary/aromatic N) is 6. The molecule has 0 aliphatic carbocycles. The largest absolute Gasteiger partial charge is 0.490 e. The molecular formula is C29H29N7O2. The smallest absolute Gasteiger partial charge is 0.210 e. The monoisotopic (exact) mass is 507 g/mol. The summed E-state index contributed by atoms with van der Waals surface area (Å²) in [6.07, 6.45) is 9.52. The van der Waals surface area contributed by atoms with Crippen LogP contribution in [0.3, 0.4) is 0 Å². The summed E-state index contributed by atoms with van der Waals surface area (Å²) in [5, 5.41) is 12.7. The Bertz CT molecular complexity index is 1480. The zero-order valence-electron chi connectivity index (χ0n) is 21.2. The van der Waals surface area contributed by atoms with Crippen molar-refractivity contribution in [1.29, 1.82) is 5.26 Å². The van der Waals surface area contributed by atoms with Crippen molar-refractivity contribution in [3.63, 3.8) is 0 Å². The van der Waals surface area contributed by atoms with Crippen molar-refractivity contribution in [2.45, 2.75) is 19.4 Å². The summed E-state index contributed by atoms with van der Waals surface area (Å²) in [6.45, 7) is 3.35. The number of ether oxygens (including phenoxy) is 1. The first kappa shape index (κ1) is 25.1. The van der Waals surface area contributed by atoms with Crippen LogP contribution in [0.4, 0.5) is 5.95 Å². The van der Waals surface area contributed by atoms with Crippen LogP contribution >= 0.6 is 0 Å². The molecule has 0 spiro atoms. The topological polar surface area (TPSA) is 109 Å². The summed E-state index contributed by atoms with van der Waals surface area (Å²) in [7, 11) is 1.94. The first-order chi connectivity index (χ1) is 18.6. The number of benzene rings is 2. The van der Waals surface area contributed by atoms with Crippen molar-refractivity contribution < 1.29 is 9.53 Å². The van der Waals surface area contributed by atoms with Gasteiger partial charge in [-0.3, -0.25) is 9.36 Å². The van der Waals surface area contributed by atoms with Crippen molar-refractivity contribution in [3.8, 4) is 23.2 Å². The summed E-state index contributed by atoms with van der Waals surface area (Å²) in [5.41, 5.74) is 3.99. The Morgan fingerprint density at radius 1 is 1.18 bits per heavy atom. The minimum atomic E-state index is 0.530. The highest BCUT2D eigenvalue weighted by Gasteiger charge is 2.16. The van der Waals surface area contributed by atoms with Crippen LogP contribution in [-0.4, -0.2) is 52.5 Å². The van der Waals surface area contributed by atoms with Crippen LogP contribution in [-0.2, 0) is 11.3 Å². The molecule has 3 heterocycles. The second-order valence-corrected chi connectivity index (χ2v) is 9.38. The molecule has 1 saturated heterocycles. The fourth-order valence-electron chi connectivity index (χ4n) is 4.64. The highest BCUT2D eigenvalue weighted by atomic mass is 16.5. The fourth-order valence-corrected chi connectivity index (χ4v) is 4.64. The van der Waals surface area contributed by atoms with E-state index in [0.717, 1.165) is 54.4 Å². The molecular weight excluding hydrogens is 478 g/mol. The molecule has 192 valence electrons. The van der Waals surface area contributed by atoms with Gasteiger partial charge < -0.3 is 15.0 Å². The minimum absolute atomic E-state index is 0.530. The second kappa shape index (κ2) is 11.7. The second-order valence-electron chi connectivity index (χ2n) is 9.38. The number of piperidine rings is 1. The first-order valence-electron chi connectivity index (χ1n) is 12.6. The number of nitriles is 1. The molecule has 0 amide bonds. The van der Waals surface area contributed by atoms with Gasteiger partial charge in [0.1, 0.15) is 6.29 Å². The fraction of sp³-hybridized carbons (Fsp3) is 0.276. The Labute approximate surface area is 221 Å². The number of allylic oxidation sites excluding steroid dienone is 1. The number of fused-ring (bicyclic) bond motifs is 1. The van der Waals surface area contributed by atoms with Gasteiger partial charge in [-0.15, -0.1) is 0 Å². The summed E-state index contributed by atoms with van der Waals surface area (Å²) < 4.78 is 7.75. The number of rotatable bonds is 9. The predicted molar refractivity (Wildman–Crippen MR) is 147 cm³/mol. The average Bonchev–Trinajstić information content (AvgIpc) is 3.33. The maximum absolute atomic E-state index is 11.0. The van der Waals surface area contributed by atoms with E-state index >= 15 is 0 Å². The van der Waals surface area contributed by atoms with Crippen LogP contribution in [0.15, 0.2) is 60.9 Å². The van der Waals surface area contributed by atoms with Gasteiger partial charge in [0.05, 0.1) is 41.7 Å². The van der Waals surface area contributed by atoms with Gasteiger partial charge in [-0.2, -0.15) is 5.26 Å². The lowest BCUT2D eigenvalue weighted by molar-refractivity contribution is -0.104. The Morgan fingerprint density at radius 2 is 2.00 bits per heavy atom. The maximum Gasteiger partial charge on any atom is 0.210 e. The predicted octanol–water partition coefficient (Wildman–Crippen LogP) is 4.05. The lowest BCUT2D eigenvalue weighted by Crippen LogP contribution is -2.30. The Kier molecular flexibility index (Phi) is 7.71. The zero-order valence-corrected chi connectivity index (χ0v) is 21.2. The molecule has 5 rings (SSSR count). The van der Waals surface area contributed by atoms with E-state index in [9.17, 15) is 10.1 Å². The van der Waals surface area contributed by atoms with Crippen molar-refractivity contribution >= 4 is 29.5 Å². The molecule has 38 heavy (non-hydrogen) atoms. The molecule has 0 radical (unpaired) electrons. The summed E-state index contributed by atoms with van der Waals surface area (Å²) in [5.74, 6) is 2.55. The third-order valence-electron chi connectivity index (χ3n) is 6.63. The number of carbonyl (C=O) groups excluding carboxylic acids is 1. The lowest BCUT2D eigenvalue weighted by atomic mass is 9.99. The number of nitrogens with one attached hydrogen (secondary N) is 1. The number of hydrogen-bond acceptors (Lipinski definition) is 8. The van der Waals surface area contributed by atoms with Crippen molar-refractivity contribution in [2.75, 3.05) is 31.6 Å². The Morgan fingerprint density at radius 3 is 2.76 bits per heavy atom. The van der Waals surface area contributed by atoms with Gasteiger partial charge in [0.25, 0.3) is 0 Å². The molecule has 1 fully saturated rings. The number of aromatic nitrogens is 4. The molecule has 1 aliphatic rings. The van der Waals surface area contributed by atoms with E-state index < -0.39 is 0 Å². The average molecular weight is 508 g/mol. The third-order valence-corrected chi connectivity index (χ3v) is 6.63. The molecule has 1 N–H and O–H groups in total. The van der Waals surface area contributed by atoms with Crippen molar-refractivity contribution in [2.24, 2.45) is 5.92 Å². The van der Waals surface area contributed by atoms with Gasteiger partial charge in [0.2, 0.25) is 5.95 Å². The molecule has 4 aromatic rings. The SMILES string of the molecule is CN(Cc1cccc(-c2ncc(OCC3CCNCC3)cn2)c1)c1nc2ccc(C#N)cc2n1/C=C\C=O. The summed E-state index contributed by atoms with van der Waals surface area (Å²) in [6, 6.07) is 15.5. The number of aldehydes is 1. The van der Waals surface area contributed by atoms with E-state index in [1.165, 1.54) is 6.08 Å². The molecule has 2 aromatic heterocycles. The maximum atomic E-state index is 11.0. The molecule has 9 heteroatoms. The van der Waals surface area contributed by atoms with E-state index in [1.54, 1.807) is 30.7 Å². The lowest BCUT2D eigenvalue weighted by Gasteiger charge is -2.22. The highest BCUT2D eigenvalue weighted by molar-refractivity contribution is 5.84. The van der Waals surface area contributed by atoms with E-state index in [1.807, 2.05) is 40.8 Å². The number of imidazole rings is 1. The molecule has 9 nitrogen and oxygen atoms in total. The quantitative estimate of drug-likeness (QED) is 0.267. The molecule has 0 bridgehead atoms. The van der Waals surface area contributed by atoms with Crippen LogP contribution in [0.2, 0.25) is 0 Å². The van der Waals surface area contributed by atoms with Crippen LogP contribution in [0, 0.1) is 17.2 Å². The number of anilines is 1. The van der Waals surface area contributed by atoms with Gasteiger partial charge in [0.15, 0.2) is 11.6 Å². The molecule has 0 unspecified atom stereocenters. The van der Waals surface area contributed by atoms with Gasteiger partial charge in [0, 0.05) is 25.4 Å². The third kappa shape index (κ3) is 5.71. The standard InChI is InChI=1S/C29H29N7O2/c1-35(29-34-26-7-6-22(16-30)15-27(26)36(29)12-3-13-37)19-23-4-2-5-24(14-23)28-32-17-25(18-33-28)38-20-21-8-10-31-11-9-21/h2-7,12-15,17-18,21,31H,8-11,19-20H2,1H3/b12-3-. The number of hydrogen-bond donors (Lipinski definition) is 1. The van der Waals surface area contributed by atoms with Gasteiger partial charge >= 0.3 is 0 Å². The molecule has 0 atom stereocenters. The minimum Gasteiger partial charge on any atom is -0.490 e. The van der Waals surface area contributed by atoms with E-state index in [-0.39, 0.29) is 0 Å². The van der Waals surface area contributed by atoms with E-state index in [2.05, 4.69) is 27.4 Å². The van der Waals surface area contributed by atoms with Crippen LogP contribution in [0.25, 0.3) is 28.6 Å². The zero-order chi connectivity index (χ0) is 26.3.